The van der Waals surface area contributed by atoms with Crippen molar-refractivity contribution in [1.29, 1.82) is 0 Å². The summed E-state index contributed by atoms with van der Waals surface area (Å²) in [6, 6.07) is 5.72. The zero-order valence-electron chi connectivity index (χ0n) is 19.1. The Morgan fingerprint density at radius 2 is 1.31 bits per heavy atom. The number of ether oxygens (including phenoxy) is 1. The summed E-state index contributed by atoms with van der Waals surface area (Å²) in [5.41, 5.74) is 1.00. The van der Waals surface area contributed by atoms with Gasteiger partial charge in [0.05, 0.1) is 0 Å². The van der Waals surface area contributed by atoms with Crippen molar-refractivity contribution >= 4 is 0 Å². The van der Waals surface area contributed by atoms with Crippen LogP contribution >= 0.6 is 0 Å². The monoisotopic (exact) mass is 460 g/mol. The fourth-order valence-electron chi connectivity index (χ4n) is 5.75. The second kappa shape index (κ2) is 11.2. The lowest BCUT2D eigenvalue weighted by molar-refractivity contribution is -0.360. The van der Waals surface area contributed by atoms with Crippen LogP contribution in [0.4, 0.5) is 22.0 Å². The Kier molecular flexibility index (Phi) is 8.85. The quantitative estimate of drug-likeness (QED) is 0.263. The van der Waals surface area contributed by atoms with Crippen LogP contribution in [0.25, 0.3) is 0 Å². The summed E-state index contributed by atoms with van der Waals surface area (Å²) < 4.78 is 66.9. The van der Waals surface area contributed by atoms with Gasteiger partial charge in [-0.05, 0) is 79.9 Å². The van der Waals surface area contributed by atoms with Crippen molar-refractivity contribution in [2.24, 2.45) is 17.8 Å². The normalized spacial score (nSPS) is 27.3. The van der Waals surface area contributed by atoms with Crippen LogP contribution in [0.1, 0.15) is 102 Å². The van der Waals surface area contributed by atoms with Gasteiger partial charge in [0.2, 0.25) is 0 Å². The topological polar surface area (TPSA) is 9.23 Å². The van der Waals surface area contributed by atoms with Crippen molar-refractivity contribution in [1.82, 2.24) is 0 Å². The van der Waals surface area contributed by atoms with E-state index in [9.17, 15) is 22.0 Å². The molecule has 0 radical (unpaired) electrons. The van der Waals surface area contributed by atoms with Gasteiger partial charge in [-0.15, -0.1) is 0 Å². The zero-order chi connectivity index (χ0) is 23.2. The summed E-state index contributed by atoms with van der Waals surface area (Å²) in [7, 11) is 0. The molecular weight excluding hydrogens is 423 g/mol. The van der Waals surface area contributed by atoms with Crippen molar-refractivity contribution < 1.29 is 26.7 Å². The lowest BCUT2D eigenvalue weighted by Gasteiger charge is -2.38. The van der Waals surface area contributed by atoms with Gasteiger partial charge in [-0.25, -0.2) is 0 Å². The third-order valence-electron chi connectivity index (χ3n) is 7.72. The average Bonchev–Trinajstić information content (AvgIpc) is 2.77. The first kappa shape index (κ1) is 25.3. The van der Waals surface area contributed by atoms with Gasteiger partial charge in [-0.3, -0.25) is 0 Å². The van der Waals surface area contributed by atoms with Crippen LogP contribution in [0.15, 0.2) is 24.3 Å². The molecule has 0 amide bonds. The van der Waals surface area contributed by atoms with E-state index in [0.29, 0.717) is 5.92 Å². The molecule has 182 valence electrons. The molecule has 0 unspecified atom stereocenters. The third kappa shape index (κ3) is 6.84. The van der Waals surface area contributed by atoms with Crippen LogP contribution in [0.2, 0.25) is 0 Å². The van der Waals surface area contributed by atoms with Crippen LogP contribution in [0.3, 0.4) is 0 Å². The predicted molar refractivity (Wildman–Crippen MR) is 117 cm³/mol. The van der Waals surface area contributed by atoms with Crippen molar-refractivity contribution in [2.45, 2.75) is 109 Å². The van der Waals surface area contributed by atoms with E-state index >= 15 is 0 Å². The van der Waals surface area contributed by atoms with Crippen molar-refractivity contribution in [2.75, 3.05) is 0 Å². The summed E-state index contributed by atoms with van der Waals surface area (Å²) in [6.07, 6.45) is 5.83. The van der Waals surface area contributed by atoms with Gasteiger partial charge in [0.1, 0.15) is 5.75 Å². The van der Waals surface area contributed by atoms with E-state index in [2.05, 4.69) is 11.7 Å². The standard InChI is InChI=1S/C26H37F5O/c1-2-3-4-5-6-19-7-9-20(10-8-19)21-11-13-22(14-12-21)23-15-17-24(18-16-23)32-26(30,31)25(27,28)29/h15-22H,2-14H2,1H3/t19-,20-,21-,22-. The lowest BCUT2D eigenvalue weighted by Crippen LogP contribution is -2.41. The van der Waals surface area contributed by atoms with Crippen LogP contribution in [0.5, 0.6) is 5.75 Å². The van der Waals surface area contributed by atoms with Crippen molar-refractivity contribution in [3.05, 3.63) is 29.8 Å². The van der Waals surface area contributed by atoms with Crippen LogP contribution in [-0.2, 0) is 0 Å². The molecule has 3 rings (SSSR count). The second-order valence-electron chi connectivity index (χ2n) is 9.93. The van der Waals surface area contributed by atoms with Gasteiger partial charge in [-0.2, -0.15) is 22.0 Å². The zero-order valence-corrected chi connectivity index (χ0v) is 19.1. The number of hydrogen-bond donors (Lipinski definition) is 0. The number of unbranched alkanes of at least 4 members (excludes halogenated alkanes) is 3. The fourth-order valence-corrected chi connectivity index (χ4v) is 5.75. The highest BCUT2D eigenvalue weighted by molar-refractivity contribution is 5.30. The smallest absolute Gasteiger partial charge is 0.426 e. The molecule has 0 atom stereocenters. The minimum absolute atomic E-state index is 0.346. The fraction of sp³-hybridized carbons (Fsp3) is 0.769. The largest absolute Gasteiger partial charge is 0.499 e. The summed E-state index contributed by atoms with van der Waals surface area (Å²) >= 11 is 0. The maximum atomic E-state index is 13.1. The second-order valence-corrected chi connectivity index (χ2v) is 9.93. The molecule has 2 aliphatic carbocycles. The molecule has 0 bridgehead atoms. The molecule has 6 heteroatoms. The molecule has 1 aromatic carbocycles. The highest BCUT2D eigenvalue weighted by Crippen LogP contribution is 2.45. The third-order valence-corrected chi connectivity index (χ3v) is 7.72. The number of halogens is 5. The maximum Gasteiger partial charge on any atom is 0.499 e. The molecule has 2 fully saturated rings. The van der Waals surface area contributed by atoms with Gasteiger partial charge in [0, 0.05) is 0 Å². The summed E-state index contributed by atoms with van der Waals surface area (Å²) in [5.74, 6) is 2.42. The SMILES string of the molecule is CCCCCC[C@H]1CC[C@H]([C@H]2CC[C@H](c3ccc(OC(F)(F)C(F)(F)F)cc3)CC2)CC1. The molecule has 1 nitrogen and oxygen atoms in total. The van der Waals surface area contributed by atoms with E-state index in [1.807, 2.05) is 0 Å². The molecule has 32 heavy (non-hydrogen) atoms. The minimum Gasteiger partial charge on any atom is -0.426 e. The Morgan fingerprint density at radius 3 is 1.84 bits per heavy atom. The minimum atomic E-state index is -5.72. The molecule has 0 heterocycles. The van der Waals surface area contributed by atoms with E-state index in [0.717, 1.165) is 36.2 Å². The van der Waals surface area contributed by atoms with Crippen LogP contribution < -0.4 is 4.74 Å². The van der Waals surface area contributed by atoms with E-state index in [-0.39, 0.29) is 0 Å². The van der Waals surface area contributed by atoms with Gasteiger partial charge in [0.25, 0.3) is 0 Å². The first-order valence-electron chi connectivity index (χ1n) is 12.4. The lowest BCUT2D eigenvalue weighted by atomic mass is 9.68. The molecule has 2 saturated carbocycles. The number of rotatable bonds is 9. The molecule has 0 aromatic heterocycles. The molecular formula is C26H37F5O. The van der Waals surface area contributed by atoms with E-state index in [1.54, 1.807) is 12.1 Å². The Balaban J connectivity index is 1.41. The van der Waals surface area contributed by atoms with Crippen molar-refractivity contribution in [3.63, 3.8) is 0 Å². The van der Waals surface area contributed by atoms with Gasteiger partial charge in [0.15, 0.2) is 0 Å². The van der Waals surface area contributed by atoms with Crippen molar-refractivity contribution in [3.8, 4) is 5.75 Å². The summed E-state index contributed by atoms with van der Waals surface area (Å²) in [4.78, 5) is 0. The Bertz CT molecular complexity index is 668. The number of hydrogen-bond acceptors (Lipinski definition) is 1. The molecule has 0 aliphatic heterocycles. The Hall–Kier alpha value is -1.33. The highest BCUT2D eigenvalue weighted by Gasteiger charge is 2.61. The molecule has 2 aliphatic rings. The molecule has 1 aromatic rings. The molecule has 0 spiro atoms. The van der Waals surface area contributed by atoms with Crippen LogP contribution in [0, 0.1) is 17.8 Å². The number of alkyl halides is 5. The van der Waals surface area contributed by atoms with E-state index in [1.165, 1.54) is 82.8 Å². The average molecular weight is 461 g/mol. The molecule has 0 N–H and O–H groups in total. The highest BCUT2D eigenvalue weighted by atomic mass is 19.4. The summed E-state index contributed by atoms with van der Waals surface area (Å²) in [6.45, 7) is 2.25. The Morgan fingerprint density at radius 1 is 0.750 bits per heavy atom. The van der Waals surface area contributed by atoms with Crippen LogP contribution in [-0.4, -0.2) is 12.3 Å². The maximum absolute atomic E-state index is 13.1. The van der Waals surface area contributed by atoms with Gasteiger partial charge in [-0.1, -0.05) is 64.0 Å². The first-order chi connectivity index (χ1) is 15.2. The van der Waals surface area contributed by atoms with E-state index in [4.69, 9.17) is 0 Å². The van der Waals surface area contributed by atoms with Gasteiger partial charge < -0.3 is 4.74 Å². The number of benzene rings is 1. The van der Waals surface area contributed by atoms with Gasteiger partial charge >= 0.3 is 12.3 Å². The predicted octanol–water partition coefficient (Wildman–Crippen LogP) is 9.27. The first-order valence-corrected chi connectivity index (χ1v) is 12.4. The Labute approximate surface area is 189 Å². The van der Waals surface area contributed by atoms with E-state index < -0.39 is 18.0 Å². The molecule has 0 saturated heterocycles. The summed E-state index contributed by atoms with van der Waals surface area (Å²) in [5, 5.41) is 0.